The van der Waals surface area contributed by atoms with Gasteiger partial charge in [0.2, 0.25) is 0 Å². The molecule has 0 saturated carbocycles. The van der Waals surface area contributed by atoms with E-state index in [0.29, 0.717) is 12.7 Å². The summed E-state index contributed by atoms with van der Waals surface area (Å²) in [5.41, 5.74) is -1.22. The van der Waals surface area contributed by atoms with Crippen molar-refractivity contribution in [3.05, 3.63) is 0 Å². The van der Waals surface area contributed by atoms with E-state index in [9.17, 15) is 9.59 Å². The van der Waals surface area contributed by atoms with Gasteiger partial charge in [0.25, 0.3) is 0 Å². The molecule has 16 heavy (non-hydrogen) atoms. The standard InChI is InChI=1S/C10H17BN2O3/c1-5-8(2)10(6-7-14,9(15)16-4)12-13-11-3/h7-8H,3,5-6H2,1-2,4H3/t8?,10-/m0/s1. The number of nitrogens with zero attached hydrogens (tertiary/aromatic N) is 2. The molecule has 0 radical (unpaired) electrons. The summed E-state index contributed by atoms with van der Waals surface area (Å²) in [5, 5.41) is 7.54. The van der Waals surface area contributed by atoms with Gasteiger partial charge in [0.1, 0.15) is 0 Å². The number of aldehydes is 1. The summed E-state index contributed by atoms with van der Waals surface area (Å²) < 4.78 is 4.70. The van der Waals surface area contributed by atoms with E-state index in [1.54, 1.807) is 0 Å². The van der Waals surface area contributed by atoms with Crippen LogP contribution in [0.3, 0.4) is 0 Å². The first-order chi connectivity index (χ1) is 7.58. The second-order valence-electron chi connectivity index (χ2n) is 3.49. The van der Waals surface area contributed by atoms with E-state index >= 15 is 0 Å². The average Bonchev–Trinajstić information content (AvgIpc) is 2.32. The Morgan fingerprint density at radius 3 is 2.69 bits per heavy atom. The van der Waals surface area contributed by atoms with E-state index in [1.807, 2.05) is 13.8 Å². The van der Waals surface area contributed by atoms with E-state index < -0.39 is 11.5 Å². The van der Waals surface area contributed by atoms with Crippen LogP contribution in [-0.2, 0) is 14.3 Å². The molecule has 0 aromatic heterocycles. The van der Waals surface area contributed by atoms with Gasteiger partial charge in [-0.2, -0.15) is 0 Å². The van der Waals surface area contributed by atoms with Crippen LogP contribution >= 0.6 is 0 Å². The van der Waals surface area contributed by atoms with Crippen molar-refractivity contribution in [1.82, 2.24) is 0 Å². The number of carbonyl (C=O) groups is 2. The van der Waals surface area contributed by atoms with Gasteiger partial charge in [0.05, 0.1) is 0 Å². The third kappa shape index (κ3) is 3.08. The molecule has 1 unspecified atom stereocenters. The van der Waals surface area contributed by atoms with Crippen LogP contribution in [0.25, 0.3) is 0 Å². The topological polar surface area (TPSA) is 68.1 Å². The second kappa shape index (κ2) is 7.03. The molecule has 6 heteroatoms. The van der Waals surface area contributed by atoms with Crippen molar-refractivity contribution in [2.24, 2.45) is 16.1 Å². The predicted molar refractivity (Wildman–Crippen MR) is 62.6 cm³/mol. The molecule has 88 valence electrons. The Labute approximate surface area is 96.2 Å². The molecule has 0 amide bonds. The molecule has 0 rings (SSSR count). The van der Waals surface area contributed by atoms with Gasteiger partial charge in [-0.1, -0.05) is 0 Å². The van der Waals surface area contributed by atoms with Gasteiger partial charge in [-0.25, -0.2) is 0 Å². The molecular formula is C10H17BN2O3. The molecule has 0 heterocycles. The summed E-state index contributed by atoms with van der Waals surface area (Å²) in [7, 11) is 2.50. The van der Waals surface area contributed by atoms with Crippen molar-refractivity contribution >= 4 is 25.8 Å². The zero-order chi connectivity index (χ0) is 12.6. The van der Waals surface area contributed by atoms with Crippen LogP contribution < -0.4 is 0 Å². The second-order valence-corrected chi connectivity index (χ2v) is 3.49. The van der Waals surface area contributed by atoms with E-state index in [-0.39, 0.29) is 12.3 Å². The van der Waals surface area contributed by atoms with Crippen molar-refractivity contribution in [3.8, 4) is 0 Å². The van der Waals surface area contributed by atoms with E-state index in [4.69, 9.17) is 4.74 Å². The Hall–Kier alpha value is -1.33. The first kappa shape index (κ1) is 14.7. The summed E-state index contributed by atoms with van der Waals surface area (Å²) in [6.45, 7) is 7.14. The molecule has 0 bridgehead atoms. The molecule has 0 aromatic rings. The summed E-state index contributed by atoms with van der Waals surface area (Å²) in [5.74, 6) is -0.673. The van der Waals surface area contributed by atoms with Gasteiger partial charge in [-0.3, -0.25) is 0 Å². The molecule has 0 aliphatic heterocycles. The van der Waals surface area contributed by atoms with Crippen LogP contribution in [0.2, 0.25) is 0 Å². The summed E-state index contributed by atoms with van der Waals surface area (Å²) in [6.07, 6.45) is 1.32. The maximum atomic E-state index is 11.8. The molecule has 0 N–H and O–H groups in total. The van der Waals surface area contributed by atoms with Crippen LogP contribution in [0.5, 0.6) is 0 Å². The number of hydrogen-bond donors (Lipinski definition) is 0. The van der Waals surface area contributed by atoms with Gasteiger partial charge in [0.15, 0.2) is 0 Å². The SMILES string of the molecule is C=BN=N[C@](CC=O)(C(=O)OC)C(C)CC. The summed E-state index contributed by atoms with van der Waals surface area (Å²) >= 11 is 0. The number of methoxy groups -OCH3 is 1. The number of hydrogen-bond acceptors (Lipinski definition) is 5. The van der Waals surface area contributed by atoms with Crippen LogP contribution in [0, 0.1) is 5.92 Å². The first-order valence-electron chi connectivity index (χ1n) is 5.14. The molecule has 0 spiro atoms. The van der Waals surface area contributed by atoms with Crippen LogP contribution in [-0.4, -0.2) is 38.4 Å². The van der Waals surface area contributed by atoms with Gasteiger partial charge in [0, 0.05) is 0 Å². The molecule has 0 fully saturated rings. The molecule has 0 aliphatic rings. The third-order valence-electron chi connectivity index (χ3n) is 2.68. The van der Waals surface area contributed by atoms with Crippen LogP contribution in [0.1, 0.15) is 26.7 Å². The van der Waals surface area contributed by atoms with Crippen molar-refractivity contribution < 1.29 is 14.3 Å². The molecular weight excluding hydrogens is 207 g/mol. The number of esters is 1. The predicted octanol–water partition coefficient (Wildman–Crippen LogP) is 1.04. The van der Waals surface area contributed by atoms with E-state index in [2.05, 4.69) is 16.6 Å². The third-order valence-corrected chi connectivity index (χ3v) is 2.68. The van der Waals surface area contributed by atoms with Crippen molar-refractivity contribution in [1.29, 1.82) is 0 Å². The van der Waals surface area contributed by atoms with Crippen molar-refractivity contribution in [3.63, 3.8) is 0 Å². The Bertz CT molecular complexity index is 294. The quantitative estimate of drug-likeness (QED) is 0.281. The molecule has 0 aliphatic carbocycles. The number of rotatable bonds is 7. The Balaban J connectivity index is 5.35. The van der Waals surface area contributed by atoms with Gasteiger partial charge in [-0.05, 0) is 0 Å². The average molecular weight is 224 g/mol. The zero-order valence-corrected chi connectivity index (χ0v) is 9.97. The minimum atomic E-state index is -1.22. The van der Waals surface area contributed by atoms with Gasteiger partial charge >= 0.3 is 95.5 Å². The molecule has 2 atom stereocenters. The minimum absolute atomic E-state index is 0.0357. The Kier molecular flexibility index (Phi) is 6.45. The Morgan fingerprint density at radius 2 is 2.31 bits per heavy atom. The maximum absolute atomic E-state index is 11.8. The number of carbonyl (C=O) groups excluding carboxylic acids is 2. The monoisotopic (exact) mass is 224 g/mol. The van der Waals surface area contributed by atoms with Crippen molar-refractivity contribution in [2.75, 3.05) is 7.11 Å². The zero-order valence-electron chi connectivity index (χ0n) is 9.97. The normalized spacial score (nSPS) is 16.2. The number of ether oxygens (including phenoxy) is 1. The Morgan fingerprint density at radius 1 is 1.69 bits per heavy atom. The summed E-state index contributed by atoms with van der Waals surface area (Å²) in [4.78, 5) is 22.5. The fourth-order valence-corrected chi connectivity index (χ4v) is 1.45. The van der Waals surface area contributed by atoms with Gasteiger partial charge in [-0.15, -0.1) is 0 Å². The molecule has 0 aromatic carbocycles. The fraction of sp³-hybridized carbons (Fsp3) is 0.700. The van der Waals surface area contributed by atoms with Crippen molar-refractivity contribution in [2.45, 2.75) is 32.2 Å². The van der Waals surface area contributed by atoms with E-state index in [0.717, 1.165) is 0 Å². The first-order valence-corrected chi connectivity index (χ1v) is 5.14. The fourth-order valence-electron chi connectivity index (χ4n) is 1.45. The van der Waals surface area contributed by atoms with E-state index in [1.165, 1.54) is 14.2 Å². The van der Waals surface area contributed by atoms with Crippen LogP contribution in [0.15, 0.2) is 10.1 Å². The molecule has 5 nitrogen and oxygen atoms in total. The van der Waals surface area contributed by atoms with Gasteiger partial charge < -0.3 is 0 Å². The summed E-state index contributed by atoms with van der Waals surface area (Å²) in [6, 6.07) is 0. The van der Waals surface area contributed by atoms with Crippen LogP contribution in [0.4, 0.5) is 0 Å². The molecule has 0 saturated heterocycles.